The zero-order valence-corrected chi connectivity index (χ0v) is 12.7. The lowest BCUT2D eigenvalue weighted by atomic mass is 10.0. The first kappa shape index (κ1) is 14.9. The number of thiazole rings is 1. The van der Waals surface area contributed by atoms with Crippen molar-refractivity contribution < 1.29 is 9.50 Å². The van der Waals surface area contributed by atoms with Gasteiger partial charge in [-0.25, -0.2) is 9.37 Å². The maximum absolute atomic E-state index is 13.3. The van der Waals surface area contributed by atoms with Crippen molar-refractivity contribution in [3.05, 3.63) is 40.7 Å². The normalized spacial score (nSPS) is 12.4. The van der Waals surface area contributed by atoms with Crippen molar-refractivity contribution in [2.75, 3.05) is 11.9 Å². The predicted octanol–water partition coefficient (Wildman–Crippen LogP) is 4.06. The summed E-state index contributed by atoms with van der Waals surface area (Å²) in [5, 5.41) is 10.2. The molecule has 0 aliphatic rings. The van der Waals surface area contributed by atoms with Crippen molar-refractivity contribution in [3.8, 4) is 0 Å². The molecule has 0 amide bonds. The minimum Gasteiger partial charge on any atom is -0.391 e. The number of nitrogens with zero attached hydrogens (tertiary/aromatic N) is 2. The number of halogens is 1. The molecule has 0 spiro atoms. The number of hydrogen-bond acceptors (Lipinski definition) is 4. The highest BCUT2D eigenvalue weighted by Gasteiger charge is 2.18. The van der Waals surface area contributed by atoms with E-state index in [-0.39, 0.29) is 12.4 Å². The summed E-state index contributed by atoms with van der Waals surface area (Å²) < 4.78 is 13.3. The third kappa shape index (κ3) is 2.99. The standard InChI is InChI=1S/C15H19FN2OS/c1-4-10(2)14-13(9-19)20-15(17-14)18(3)12-7-5-6-11(16)8-12/h5-8,10,19H,4,9H2,1-3H3. The fourth-order valence-electron chi connectivity index (χ4n) is 1.98. The Morgan fingerprint density at radius 3 is 2.80 bits per heavy atom. The average Bonchev–Trinajstić information content (AvgIpc) is 2.89. The van der Waals surface area contributed by atoms with Gasteiger partial charge in [0, 0.05) is 12.7 Å². The summed E-state index contributed by atoms with van der Waals surface area (Å²) in [5.41, 5.74) is 1.69. The summed E-state index contributed by atoms with van der Waals surface area (Å²) in [6, 6.07) is 6.41. The van der Waals surface area contributed by atoms with E-state index in [2.05, 4.69) is 18.8 Å². The number of aromatic nitrogens is 1. The van der Waals surface area contributed by atoms with Crippen LogP contribution in [0.4, 0.5) is 15.2 Å². The van der Waals surface area contributed by atoms with E-state index in [4.69, 9.17) is 0 Å². The molecule has 0 aliphatic carbocycles. The van der Waals surface area contributed by atoms with Gasteiger partial charge in [0.05, 0.1) is 17.2 Å². The van der Waals surface area contributed by atoms with E-state index in [1.54, 1.807) is 6.07 Å². The average molecular weight is 294 g/mol. The molecule has 1 aromatic carbocycles. The molecule has 1 unspecified atom stereocenters. The fourth-order valence-corrected chi connectivity index (χ4v) is 3.00. The first-order valence-electron chi connectivity index (χ1n) is 6.66. The Morgan fingerprint density at radius 2 is 2.20 bits per heavy atom. The number of benzene rings is 1. The summed E-state index contributed by atoms with van der Waals surface area (Å²) in [5.74, 6) is 0.0403. The Hall–Kier alpha value is -1.46. The number of anilines is 2. The van der Waals surface area contributed by atoms with Crippen LogP contribution in [-0.2, 0) is 6.61 Å². The second-order valence-corrected chi connectivity index (χ2v) is 5.87. The summed E-state index contributed by atoms with van der Waals surface area (Å²) in [7, 11) is 1.86. The molecular formula is C15H19FN2OS. The number of aliphatic hydroxyl groups is 1. The zero-order chi connectivity index (χ0) is 14.7. The zero-order valence-electron chi connectivity index (χ0n) is 11.9. The molecule has 1 aromatic heterocycles. The van der Waals surface area contributed by atoms with Gasteiger partial charge in [0.25, 0.3) is 0 Å². The molecule has 1 atom stereocenters. The van der Waals surface area contributed by atoms with Gasteiger partial charge in [0.2, 0.25) is 0 Å². The Bertz CT molecular complexity index is 585. The molecule has 0 radical (unpaired) electrons. The largest absolute Gasteiger partial charge is 0.391 e. The summed E-state index contributed by atoms with van der Waals surface area (Å²) in [4.78, 5) is 7.35. The molecule has 20 heavy (non-hydrogen) atoms. The van der Waals surface area contributed by atoms with Crippen molar-refractivity contribution in [2.24, 2.45) is 0 Å². The van der Waals surface area contributed by atoms with Crippen LogP contribution in [-0.4, -0.2) is 17.1 Å². The van der Waals surface area contributed by atoms with E-state index in [0.717, 1.165) is 27.8 Å². The Labute approximate surface area is 122 Å². The maximum Gasteiger partial charge on any atom is 0.190 e. The molecule has 1 heterocycles. The van der Waals surface area contributed by atoms with Gasteiger partial charge in [0.1, 0.15) is 5.82 Å². The van der Waals surface area contributed by atoms with Crippen LogP contribution in [0.5, 0.6) is 0 Å². The van der Waals surface area contributed by atoms with E-state index < -0.39 is 0 Å². The molecule has 2 aromatic rings. The van der Waals surface area contributed by atoms with E-state index in [1.165, 1.54) is 23.5 Å². The quantitative estimate of drug-likeness (QED) is 0.903. The van der Waals surface area contributed by atoms with Gasteiger partial charge in [-0.2, -0.15) is 0 Å². The van der Waals surface area contributed by atoms with E-state index in [9.17, 15) is 9.50 Å². The number of aliphatic hydroxyl groups excluding tert-OH is 1. The molecular weight excluding hydrogens is 275 g/mol. The highest BCUT2D eigenvalue weighted by Crippen LogP contribution is 2.34. The molecule has 0 aliphatic heterocycles. The van der Waals surface area contributed by atoms with Crippen LogP contribution in [0.1, 0.15) is 36.8 Å². The molecule has 108 valence electrons. The van der Waals surface area contributed by atoms with Crippen molar-refractivity contribution in [1.82, 2.24) is 4.98 Å². The van der Waals surface area contributed by atoms with Crippen molar-refractivity contribution >= 4 is 22.2 Å². The molecule has 3 nitrogen and oxygen atoms in total. The van der Waals surface area contributed by atoms with Gasteiger partial charge in [0.15, 0.2) is 5.13 Å². The van der Waals surface area contributed by atoms with Crippen LogP contribution >= 0.6 is 11.3 Å². The first-order chi connectivity index (χ1) is 9.56. The van der Waals surface area contributed by atoms with Gasteiger partial charge in [-0.1, -0.05) is 31.3 Å². The highest BCUT2D eigenvalue weighted by atomic mass is 32.1. The Kier molecular flexibility index (Phi) is 4.73. The lowest BCUT2D eigenvalue weighted by Crippen LogP contribution is -2.09. The molecule has 0 fully saturated rings. The van der Waals surface area contributed by atoms with Crippen LogP contribution in [0, 0.1) is 5.82 Å². The van der Waals surface area contributed by atoms with E-state index in [0.29, 0.717) is 5.92 Å². The SMILES string of the molecule is CCC(C)c1nc(N(C)c2cccc(F)c2)sc1CO. The van der Waals surface area contributed by atoms with Crippen molar-refractivity contribution in [3.63, 3.8) is 0 Å². The van der Waals surface area contributed by atoms with Crippen LogP contribution < -0.4 is 4.90 Å². The highest BCUT2D eigenvalue weighted by molar-refractivity contribution is 7.15. The molecule has 0 saturated carbocycles. The fraction of sp³-hybridized carbons (Fsp3) is 0.400. The second kappa shape index (κ2) is 6.33. The predicted molar refractivity (Wildman–Crippen MR) is 81.2 cm³/mol. The third-order valence-corrected chi connectivity index (χ3v) is 4.55. The summed E-state index contributed by atoms with van der Waals surface area (Å²) in [6.45, 7) is 4.19. The number of hydrogen-bond donors (Lipinski definition) is 1. The van der Waals surface area contributed by atoms with Gasteiger partial charge >= 0.3 is 0 Å². The first-order valence-corrected chi connectivity index (χ1v) is 7.48. The van der Waals surface area contributed by atoms with E-state index >= 15 is 0 Å². The van der Waals surface area contributed by atoms with Gasteiger partial charge in [-0.05, 0) is 30.5 Å². The number of rotatable bonds is 5. The third-order valence-electron chi connectivity index (χ3n) is 3.42. The van der Waals surface area contributed by atoms with Crippen LogP contribution in [0.15, 0.2) is 24.3 Å². The molecule has 5 heteroatoms. The molecule has 0 bridgehead atoms. The molecule has 0 saturated heterocycles. The van der Waals surface area contributed by atoms with E-state index in [1.807, 2.05) is 18.0 Å². The summed E-state index contributed by atoms with van der Waals surface area (Å²) >= 11 is 1.45. The monoisotopic (exact) mass is 294 g/mol. The lowest BCUT2D eigenvalue weighted by molar-refractivity contribution is 0.283. The van der Waals surface area contributed by atoms with Crippen molar-refractivity contribution in [2.45, 2.75) is 32.8 Å². The van der Waals surface area contributed by atoms with Crippen LogP contribution in [0.2, 0.25) is 0 Å². The molecule has 2 rings (SSSR count). The molecule has 1 N–H and O–H groups in total. The van der Waals surface area contributed by atoms with Crippen molar-refractivity contribution in [1.29, 1.82) is 0 Å². The van der Waals surface area contributed by atoms with Gasteiger partial charge in [-0.3, -0.25) is 0 Å². The Balaban J connectivity index is 2.35. The minimum atomic E-state index is -0.268. The minimum absolute atomic E-state index is 0.00562. The van der Waals surface area contributed by atoms with Crippen LogP contribution in [0.3, 0.4) is 0 Å². The smallest absolute Gasteiger partial charge is 0.190 e. The Morgan fingerprint density at radius 1 is 1.45 bits per heavy atom. The maximum atomic E-state index is 13.3. The lowest BCUT2D eigenvalue weighted by Gasteiger charge is -2.15. The van der Waals surface area contributed by atoms with Gasteiger partial charge < -0.3 is 10.0 Å². The second-order valence-electron chi connectivity index (χ2n) is 4.81. The summed E-state index contributed by atoms with van der Waals surface area (Å²) in [6.07, 6.45) is 0.972. The van der Waals surface area contributed by atoms with Gasteiger partial charge in [-0.15, -0.1) is 0 Å². The van der Waals surface area contributed by atoms with Crippen LogP contribution in [0.25, 0.3) is 0 Å². The topological polar surface area (TPSA) is 36.4 Å².